The van der Waals surface area contributed by atoms with Gasteiger partial charge < -0.3 is 10.1 Å². The summed E-state index contributed by atoms with van der Waals surface area (Å²) >= 11 is 8.18. The van der Waals surface area contributed by atoms with Crippen molar-refractivity contribution in [2.45, 2.75) is 6.54 Å². The molecule has 0 unspecified atom stereocenters. The van der Waals surface area contributed by atoms with Crippen LogP contribution >= 0.6 is 34.9 Å². The Kier molecular flexibility index (Phi) is 4.53. The molecule has 0 aliphatic rings. The first-order valence-corrected chi connectivity index (χ1v) is 9.68. The topological polar surface area (TPSA) is 84.8 Å². The molecule has 1 aromatic carbocycles. The summed E-state index contributed by atoms with van der Waals surface area (Å²) in [5, 5.41) is 12.3. The van der Waals surface area contributed by atoms with Crippen LogP contribution in [0.15, 0.2) is 35.7 Å². The number of carbonyl (C=O) groups excluding carboxylic acids is 1. The summed E-state index contributed by atoms with van der Waals surface area (Å²) in [6.45, 7) is 0.0574. The van der Waals surface area contributed by atoms with Crippen LogP contribution in [-0.2, 0) is 11.3 Å². The maximum absolute atomic E-state index is 12.5. The minimum Gasteiger partial charge on any atom is -0.497 e. The molecule has 26 heavy (non-hydrogen) atoms. The van der Waals surface area contributed by atoms with Crippen LogP contribution in [0.3, 0.4) is 0 Å². The zero-order valence-electron chi connectivity index (χ0n) is 13.6. The molecule has 2 N–H and O–H groups in total. The lowest BCUT2D eigenvalue weighted by molar-refractivity contribution is -0.116. The number of fused-ring (bicyclic) bond motifs is 1. The molecule has 0 bridgehead atoms. The van der Waals surface area contributed by atoms with Gasteiger partial charge in [-0.15, -0.1) is 11.3 Å². The van der Waals surface area contributed by atoms with Crippen molar-refractivity contribution < 1.29 is 9.53 Å². The van der Waals surface area contributed by atoms with Gasteiger partial charge in [-0.1, -0.05) is 17.4 Å². The highest BCUT2D eigenvalue weighted by Gasteiger charge is 2.14. The van der Waals surface area contributed by atoms with Crippen molar-refractivity contribution in [3.05, 3.63) is 40.5 Å². The highest BCUT2D eigenvalue weighted by atomic mass is 32.1. The Morgan fingerprint density at radius 2 is 2.31 bits per heavy atom. The molecule has 0 atom stereocenters. The number of thiazole rings is 1. The van der Waals surface area contributed by atoms with Crippen LogP contribution in [0.4, 0.5) is 5.13 Å². The molecule has 132 valence electrons. The number of hydrogen-bond donors (Lipinski definition) is 2. The molecule has 4 aromatic rings. The van der Waals surface area contributed by atoms with E-state index < -0.39 is 0 Å². The van der Waals surface area contributed by atoms with Crippen LogP contribution < -0.4 is 10.1 Å². The molecule has 4 rings (SSSR count). The van der Waals surface area contributed by atoms with Gasteiger partial charge in [0.1, 0.15) is 12.3 Å². The standard InChI is InChI=1S/C16H13N5O2S3/c1-23-9-4-5-10-12(7-9)26-15(17-10)18-13(22)8-21-14(19-20-16(21)24)11-3-2-6-25-11/h2-7H,8H2,1H3,(H,20,24)(H,17,18,22). The molecule has 0 saturated heterocycles. The average Bonchev–Trinajstić information content (AvgIpc) is 3.35. The van der Waals surface area contributed by atoms with Gasteiger partial charge in [-0.2, -0.15) is 5.10 Å². The van der Waals surface area contributed by atoms with Crippen LogP contribution in [0.2, 0.25) is 0 Å². The lowest BCUT2D eigenvalue weighted by Gasteiger charge is -2.05. The third kappa shape index (κ3) is 3.26. The van der Waals surface area contributed by atoms with Gasteiger partial charge in [0.25, 0.3) is 0 Å². The summed E-state index contributed by atoms with van der Waals surface area (Å²) in [5.41, 5.74) is 0.810. The summed E-state index contributed by atoms with van der Waals surface area (Å²) in [6.07, 6.45) is 0. The Labute approximate surface area is 161 Å². The van der Waals surface area contributed by atoms with Gasteiger partial charge in [-0.3, -0.25) is 14.5 Å². The number of amides is 1. The number of H-pyrrole nitrogens is 1. The zero-order valence-corrected chi connectivity index (χ0v) is 16.0. The number of ether oxygens (including phenoxy) is 1. The third-order valence-corrected chi connectivity index (χ3v) is 5.75. The lowest BCUT2D eigenvalue weighted by atomic mass is 10.3. The van der Waals surface area contributed by atoms with Gasteiger partial charge in [0, 0.05) is 0 Å². The van der Waals surface area contributed by atoms with Crippen LogP contribution in [0, 0.1) is 4.77 Å². The normalized spacial score (nSPS) is 11.0. The maximum Gasteiger partial charge on any atom is 0.246 e. The SMILES string of the molecule is COc1ccc2nc(NC(=O)Cn3c(-c4cccs4)n[nH]c3=S)sc2c1. The molecule has 7 nitrogen and oxygen atoms in total. The van der Waals surface area contributed by atoms with E-state index in [0.29, 0.717) is 15.7 Å². The number of carbonyl (C=O) groups is 1. The van der Waals surface area contributed by atoms with E-state index in [1.165, 1.54) is 22.7 Å². The second-order valence-electron chi connectivity index (χ2n) is 5.32. The Bertz CT molecular complexity index is 1130. The van der Waals surface area contributed by atoms with Gasteiger partial charge in [-0.25, -0.2) is 4.98 Å². The van der Waals surface area contributed by atoms with Gasteiger partial charge in [0.05, 0.1) is 22.2 Å². The molecule has 0 aliphatic heterocycles. The number of benzene rings is 1. The molecule has 0 spiro atoms. The van der Waals surface area contributed by atoms with Crippen molar-refractivity contribution in [3.8, 4) is 16.5 Å². The highest BCUT2D eigenvalue weighted by Crippen LogP contribution is 2.29. The van der Waals surface area contributed by atoms with Crippen molar-refractivity contribution in [1.82, 2.24) is 19.7 Å². The average molecular weight is 404 g/mol. The van der Waals surface area contributed by atoms with E-state index in [1.807, 2.05) is 35.7 Å². The smallest absolute Gasteiger partial charge is 0.246 e. The van der Waals surface area contributed by atoms with Crippen LogP contribution in [-0.4, -0.2) is 32.8 Å². The van der Waals surface area contributed by atoms with Crippen molar-refractivity contribution in [3.63, 3.8) is 0 Å². The third-order valence-electron chi connectivity index (χ3n) is 3.64. The van der Waals surface area contributed by atoms with E-state index in [9.17, 15) is 4.79 Å². The van der Waals surface area contributed by atoms with E-state index >= 15 is 0 Å². The Morgan fingerprint density at radius 1 is 1.42 bits per heavy atom. The quantitative estimate of drug-likeness (QED) is 0.493. The zero-order chi connectivity index (χ0) is 18.1. The number of hydrogen-bond acceptors (Lipinski definition) is 7. The predicted octanol–water partition coefficient (Wildman–Crippen LogP) is 3.93. The number of nitrogens with zero attached hydrogens (tertiary/aromatic N) is 3. The van der Waals surface area contributed by atoms with Crippen molar-refractivity contribution in [2.75, 3.05) is 12.4 Å². The number of rotatable bonds is 5. The van der Waals surface area contributed by atoms with E-state index in [0.717, 1.165) is 20.8 Å². The molecule has 0 saturated carbocycles. The van der Waals surface area contributed by atoms with Gasteiger partial charge >= 0.3 is 0 Å². The molecule has 3 aromatic heterocycles. The second-order valence-corrected chi connectivity index (χ2v) is 7.68. The lowest BCUT2D eigenvalue weighted by Crippen LogP contribution is -2.19. The summed E-state index contributed by atoms with van der Waals surface area (Å²) < 4.78 is 8.23. The molecule has 1 amide bonds. The molecule has 0 radical (unpaired) electrons. The largest absolute Gasteiger partial charge is 0.497 e. The van der Waals surface area contributed by atoms with E-state index in [4.69, 9.17) is 17.0 Å². The molecule has 0 aliphatic carbocycles. The van der Waals surface area contributed by atoms with Crippen LogP contribution in [0.1, 0.15) is 0 Å². The fourth-order valence-electron chi connectivity index (χ4n) is 2.45. The Hall–Kier alpha value is -2.56. The summed E-state index contributed by atoms with van der Waals surface area (Å²) in [7, 11) is 1.62. The monoisotopic (exact) mass is 403 g/mol. The minimum atomic E-state index is -0.216. The number of methoxy groups -OCH3 is 1. The number of nitrogens with one attached hydrogen (secondary N) is 2. The summed E-state index contributed by atoms with van der Waals surface area (Å²) in [6, 6.07) is 9.46. The number of anilines is 1. The Balaban J connectivity index is 1.55. The number of thiophene rings is 1. The van der Waals surface area contributed by atoms with Gasteiger partial charge in [0.15, 0.2) is 15.7 Å². The van der Waals surface area contributed by atoms with Gasteiger partial charge in [0.2, 0.25) is 5.91 Å². The molecular formula is C16H13N5O2S3. The molecule has 0 fully saturated rings. The predicted molar refractivity (Wildman–Crippen MR) is 106 cm³/mol. The van der Waals surface area contributed by atoms with Crippen LogP contribution in [0.5, 0.6) is 5.75 Å². The maximum atomic E-state index is 12.5. The van der Waals surface area contributed by atoms with Crippen molar-refractivity contribution in [2.24, 2.45) is 0 Å². The van der Waals surface area contributed by atoms with Crippen LogP contribution in [0.25, 0.3) is 20.9 Å². The number of aromatic amines is 1. The van der Waals surface area contributed by atoms with Crippen molar-refractivity contribution >= 4 is 56.1 Å². The minimum absolute atomic E-state index is 0.0574. The second kappa shape index (κ2) is 6.98. The Morgan fingerprint density at radius 3 is 3.08 bits per heavy atom. The number of aromatic nitrogens is 4. The first-order chi connectivity index (χ1) is 12.6. The molecule has 3 heterocycles. The van der Waals surface area contributed by atoms with E-state index in [-0.39, 0.29) is 12.5 Å². The molecular weight excluding hydrogens is 390 g/mol. The van der Waals surface area contributed by atoms with Gasteiger partial charge in [-0.05, 0) is 41.9 Å². The molecule has 10 heteroatoms. The summed E-state index contributed by atoms with van der Waals surface area (Å²) in [4.78, 5) is 17.8. The van der Waals surface area contributed by atoms with E-state index in [1.54, 1.807) is 11.7 Å². The van der Waals surface area contributed by atoms with E-state index in [2.05, 4.69) is 20.5 Å². The highest BCUT2D eigenvalue weighted by molar-refractivity contribution is 7.71. The fourth-order valence-corrected chi connectivity index (χ4v) is 4.28. The first kappa shape index (κ1) is 16.9. The fraction of sp³-hybridized carbons (Fsp3) is 0.125. The summed E-state index contributed by atoms with van der Waals surface area (Å²) in [5.74, 6) is 1.19. The van der Waals surface area contributed by atoms with Crippen molar-refractivity contribution in [1.29, 1.82) is 0 Å². The first-order valence-electron chi connectivity index (χ1n) is 7.57.